The lowest BCUT2D eigenvalue weighted by Gasteiger charge is -2.42. The number of nitrogens with one attached hydrogen (secondary N) is 2. The highest BCUT2D eigenvalue weighted by molar-refractivity contribution is 9.10. The second kappa shape index (κ2) is 9.70. The van der Waals surface area contributed by atoms with E-state index in [1.807, 2.05) is 12.1 Å². The van der Waals surface area contributed by atoms with Crippen LogP contribution < -0.4 is 20.7 Å². The summed E-state index contributed by atoms with van der Waals surface area (Å²) in [6.07, 6.45) is 6.96. The molecular weight excluding hydrogens is 486 g/mol. The Kier molecular flexibility index (Phi) is 7.43. The van der Waals surface area contributed by atoms with Crippen molar-refractivity contribution in [3.05, 3.63) is 55.3 Å². The first-order chi connectivity index (χ1) is 14.7. The van der Waals surface area contributed by atoms with Gasteiger partial charge >= 0.3 is 5.69 Å². The molecule has 3 rings (SSSR count). The highest BCUT2D eigenvalue weighted by atomic mass is 79.9. The summed E-state index contributed by atoms with van der Waals surface area (Å²) in [7, 11) is -2.62. The van der Waals surface area contributed by atoms with Gasteiger partial charge in [0.2, 0.25) is 10.0 Å². The van der Waals surface area contributed by atoms with Crippen molar-refractivity contribution in [2.45, 2.75) is 68.8 Å². The Bertz CT molecular complexity index is 1150. The number of halogens is 1. The summed E-state index contributed by atoms with van der Waals surface area (Å²) in [4.78, 5) is 26.2. The van der Waals surface area contributed by atoms with Crippen molar-refractivity contribution in [1.82, 2.24) is 14.3 Å². The zero-order valence-corrected chi connectivity index (χ0v) is 20.1. The van der Waals surface area contributed by atoms with Gasteiger partial charge in [-0.3, -0.25) is 14.3 Å². The fraction of sp³-hybridized carbons (Fsp3) is 0.524. The number of aryl methyl sites for hydroxylation is 1. The molecule has 1 aliphatic rings. The molecule has 0 radical (unpaired) electrons. The maximum absolute atomic E-state index is 13.2. The third-order valence-electron chi connectivity index (χ3n) is 5.76. The fourth-order valence-corrected chi connectivity index (χ4v) is 5.72. The molecular formula is C21H28BrN3O5S. The molecule has 0 atom stereocenters. The van der Waals surface area contributed by atoms with Crippen LogP contribution in [-0.2, 0) is 22.1 Å². The Balaban J connectivity index is 1.92. The van der Waals surface area contributed by atoms with E-state index in [1.54, 1.807) is 13.2 Å². The van der Waals surface area contributed by atoms with Crippen LogP contribution in [0.15, 0.2) is 43.4 Å². The molecule has 10 heteroatoms. The second-order valence-corrected chi connectivity index (χ2v) is 10.4. The zero-order chi connectivity index (χ0) is 22.6. The number of unbranched alkanes of at least 4 members (excludes halogenated alkanes) is 3. The number of H-pyrrole nitrogens is 1. The number of aromatic amines is 1. The molecule has 31 heavy (non-hydrogen) atoms. The van der Waals surface area contributed by atoms with Gasteiger partial charge in [-0.05, 0) is 59.3 Å². The number of hydrogen-bond acceptors (Lipinski definition) is 5. The summed E-state index contributed by atoms with van der Waals surface area (Å²) in [6, 6.07) is 5.45. The molecule has 0 unspecified atom stereocenters. The molecule has 1 aliphatic carbocycles. The minimum Gasteiger partial charge on any atom is -0.496 e. The van der Waals surface area contributed by atoms with Crippen LogP contribution in [0, 0.1) is 0 Å². The van der Waals surface area contributed by atoms with Crippen LogP contribution in [0.1, 0.15) is 57.4 Å². The van der Waals surface area contributed by atoms with Gasteiger partial charge in [-0.25, -0.2) is 17.9 Å². The van der Waals surface area contributed by atoms with Crippen molar-refractivity contribution < 1.29 is 13.2 Å². The molecule has 2 N–H and O–H groups in total. The summed E-state index contributed by atoms with van der Waals surface area (Å²) in [5.74, 6) is 0.599. The van der Waals surface area contributed by atoms with Crippen LogP contribution >= 0.6 is 15.9 Å². The van der Waals surface area contributed by atoms with Crippen LogP contribution in [0.2, 0.25) is 0 Å². The summed E-state index contributed by atoms with van der Waals surface area (Å²) < 4.78 is 36.5. The Hall–Kier alpha value is -1.91. The van der Waals surface area contributed by atoms with Gasteiger partial charge in [-0.1, -0.05) is 32.3 Å². The third-order valence-corrected chi connectivity index (χ3v) is 7.95. The largest absolute Gasteiger partial charge is 0.496 e. The summed E-state index contributed by atoms with van der Waals surface area (Å²) >= 11 is 3.41. The summed E-state index contributed by atoms with van der Waals surface area (Å²) in [5, 5.41) is 0. The molecule has 8 nitrogen and oxygen atoms in total. The highest BCUT2D eigenvalue weighted by Gasteiger charge is 2.43. The monoisotopic (exact) mass is 513 g/mol. The highest BCUT2D eigenvalue weighted by Crippen LogP contribution is 2.44. The van der Waals surface area contributed by atoms with E-state index < -0.39 is 31.7 Å². The number of benzene rings is 1. The minimum atomic E-state index is -4.17. The quantitative estimate of drug-likeness (QED) is 0.473. The molecule has 0 saturated heterocycles. The van der Waals surface area contributed by atoms with Gasteiger partial charge < -0.3 is 4.74 Å². The zero-order valence-electron chi connectivity index (χ0n) is 17.7. The van der Waals surface area contributed by atoms with Crippen LogP contribution in [0.25, 0.3) is 0 Å². The number of rotatable bonds is 10. The van der Waals surface area contributed by atoms with Crippen molar-refractivity contribution in [2.24, 2.45) is 0 Å². The van der Waals surface area contributed by atoms with Crippen molar-refractivity contribution in [2.75, 3.05) is 7.11 Å². The number of sulfonamides is 1. The molecule has 0 bridgehead atoms. The first kappa shape index (κ1) is 23.7. The van der Waals surface area contributed by atoms with Gasteiger partial charge in [-0.15, -0.1) is 0 Å². The molecule has 1 aromatic heterocycles. The van der Waals surface area contributed by atoms with Crippen LogP contribution in [0.3, 0.4) is 0 Å². The van der Waals surface area contributed by atoms with Gasteiger partial charge in [0.1, 0.15) is 5.75 Å². The average molecular weight is 514 g/mol. The summed E-state index contributed by atoms with van der Waals surface area (Å²) in [5.41, 5.74) is -1.56. The number of ether oxygens (including phenoxy) is 1. The predicted molar refractivity (Wildman–Crippen MR) is 122 cm³/mol. The number of methoxy groups -OCH3 is 1. The van der Waals surface area contributed by atoms with Gasteiger partial charge in [0.15, 0.2) is 4.90 Å². The smallest absolute Gasteiger partial charge is 0.328 e. The lowest BCUT2D eigenvalue weighted by Crippen LogP contribution is -2.51. The third kappa shape index (κ3) is 5.12. The molecule has 1 heterocycles. The topological polar surface area (TPSA) is 110 Å². The molecule has 1 aromatic carbocycles. The van der Waals surface area contributed by atoms with Gasteiger partial charge in [-0.2, -0.15) is 0 Å². The van der Waals surface area contributed by atoms with E-state index in [0.717, 1.165) is 48.3 Å². The maximum Gasteiger partial charge on any atom is 0.328 e. The minimum absolute atomic E-state index is 0.354. The average Bonchev–Trinajstić information content (AvgIpc) is 2.69. The SMILES string of the molecule is CCCCCCn1cc(S(=O)(=O)NC2(c3ccc(Br)c(OC)c3)CCC2)c(=O)[nH]c1=O. The first-order valence-corrected chi connectivity index (χ1v) is 12.7. The van der Waals surface area contributed by atoms with Crippen molar-refractivity contribution in [3.8, 4) is 5.75 Å². The van der Waals surface area contributed by atoms with E-state index in [1.165, 1.54) is 4.57 Å². The number of aromatic nitrogens is 2. The number of nitrogens with zero attached hydrogens (tertiary/aromatic N) is 1. The van der Waals surface area contributed by atoms with E-state index in [2.05, 4.69) is 32.6 Å². The second-order valence-electron chi connectivity index (χ2n) is 7.90. The Morgan fingerprint density at radius 2 is 1.97 bits per heavy atom. The van der Waals surface area contributed by atoms with Crippen molar-refractivity contribution in [3.63, 3.8) is 0 Å². The maximum atomic E-state index is 13.2. The van der Waals surface area contributed by atoms with Gasteiger partial charge in [0.25, 0.3) is 5.56 Å². The van der Waals surface area contributed by atoms with Crippen molar-refractivity contribution in [1.29, 1.82) is 0 Å². The first-order valence-electron chi connectivity index (χ1n) is 10.4. The van der Waals surface area contributed by atoms with E-state index >= 15 is 0 Å². The number of hydrogen-bond donors (Lipinski definition) is 2. The van der Waals surface area contributed by atoms with Crippen LogP contribution in [0.4, 0.5) is 0 Å². The van der Waals surface area contributed by atoms with E-state index in [9.17, 15) is 18.0 Å². The van der Waals surface area contributed by atoms with E-state index in [-0.39, 0.29) is 0 Å². The Morgan fingerprint density at radius 3 is 2.58 bits per heavy atom. The van der Waals surface area contributed by atoms with E-state index in [4.69, 9.17) is 4.74 Å². The molecule has 0 spiro atoms. The van der Waals surface area contributed by atoms with E-state index in [0.29, 0.717) is 25.1 Å². The Labute approximate surface area is 190 Å². The lowest BCUT2D eigenvalue weighted by atomic mass is 9.73. The van der Waals surface area contributed by atoms with Crippen LogP contribution in [0.5, 0.6) is 5.75 Å². The molecule has 2 aromatic rings. The normalized spacial score (nSPS) is 15.5. The van der Waals surface area contributed by atoms with Crippen LogP contribution in [-0.4, -0.2) is 25.1 Å². The van der Waals surface area contributed by atoms with Gasteiger partial charge in [0, 0.05) is 12.7 Å². The van der Waals surface area contributed by atoms with Gasteiger partial charge in [0.05, 0.1) is 17.1 Å². The predicted octanol–water partition coefficient (Wildman–Crippen LogP) is 3.25. The Morgan fingerprint density at radius 1 is 1.23 bits per heavy atom. The lowest BCUT2D eigenvalue weighted by molar-refractivity contribution is 0.223. The molecule has 1 fully saturated rings. The molecule has 1 saturated carbocycles. The molecule has 0 aliphatic heterocycles. The standard InChI is InChI=1S/C21H28BrN3O5S/c1-3-4-5-6-12-25-14-18(19(26)23-20(25)27)31(28,29)24-21(10-7-11-21)15-8-9-16(22)17(13-15)30-2/h8-9,13-14,24H,3-7,10-12H2,1-2H3,(H,23,26,27). The van der Waals surface area contributed by atoms with Crippen molar-refractivity contribution >= 4 is 26.0 Å². The molecule has 170 valence electrons. The molecule has 0 amide bonds. The fourth-order valence-electron chi connectivity index (χ4n) is 3.81. The summed E-state index contributed by atoms with van der Waals surface area (Å²) in [6.45, 7) is 2.44.